The molecule has 27 heavy (non-hydrogen) atoms. The van der Waals surface area contributed by atoms with Crippen molar-refractivity contribution in [1.29, 1.82) is 5.26 Å². The van der Waals surface area contributed by atoms with Gasteiger partial charge in [0.05, 0.1) is 5.25 Å². The first-order valence-corrected chi connectivity index (χ1v) is 9.36. The summed E-state index contributed by atoms with van der Waals surface area (Å²) in [7, 11) is 0. The largest absolute Gasteiger partial charge is 0.365 e. The van der Waals surface area contributed by atoms with Gasteiger partial charge in [-0.25, -0.2) is 0 Å². The van der Waals surface area contributed by atoms with E-state index in [9.17, 15) is 14.9 Å². The predicted molar refractivity (Wildman–Crippen MR) is 107 cm³/mol. The van der Waals surface area contributed by atoms with Crippen molar-refractivity contribution in [3.63, 3.8) is 0 Å². The predicted octanol–water partition coefficient (Wildman–Crippen LogP) is 3.22. The summed E-state index contributed by atoms with van der Waals surface area (Å²) in [6.45, 7) is 3.92. The van der Waals surface area contributed by atoms with E-state index < -0.39 is 11.2 Å². The average Bonchev–Trinajstić information content (AvgIpc) is 2.93. The highest BCUT2D eigenvalue weighted by Crippen LogP contribution is 2.42. The summed E-state index contributed by atoms with van der Waals surface area (Å²) >= 11 is 1.22. The Morgan fingerprint density at radius 2 is 1.96 bits per heavy atom. The first kappa shape index (κ1) is 18.7. The van der Waals surface area contributed by atoms with Crippen LogP contribution in [0.3, 0.4) is 0 Å². The van der Waals surface area contributed by atoms with Crippen LogP contribution in [0.5, 0.6) is 0 Å². The van der Waals surface area contributed by atoms with E-state index in [2.05, 4.69) is 0 Å². The number of nitrogens with zero attached hydrogens (tertiary/aromatic N) is 2. The fourth-order valence-electron chi connectivity index (χ4n) is 3.04. The molecule has 5 nitrogen and oxygen atoms in total. The molecule has 0 bridgehead atoms. The van der Waals surface area contributed by atoms with Crippen molar-refractivity contribution < 1.29 is 9.59 Å². The molecule has 1 atom stereocenters. The van der Waals surface area contributed by atoms with Crippen molar-refractivity contribution in [2.24, 2.45) is 5.73 Å². The molecule has 2 amide bonds. The van der Waals surface area contributed by atoms with E-state index in [0.717, 1.165) is 16.7 Å². The number of hydrogen-bond donors (Lipinski definition) is 1. The van der Waals surface area contributed by atoms with E-state index in [1.165, 1.54) is 16.7 Å². The van der Waals surface area contributed by atoms with Gasteiger partial charge in [-0.15, -0.1) is 0 Å². The number of carbonyl (C=O) groups is 2. The van der Waals surface area contributed by atoms with Crippen LogP contribution in [0.4, 0.5) is 5.69 Å². The molecule has 0 aromatic heterocycles. The molecule has 1 unspecified atom stereocenters. The summed E-state index contributed by atoms with van der Waals surface area (Å²) in [4.78, 5) is 26.4. The van der Waals surface area contributed by atoms with Crippen LogP contribution in [0.15, 0.2) is 59.1 Å². The Labute approximate surface area is 162 Å². The fraction of sp³-hybridized carbons (Fsp3) is 0.190. The van der Waals surface area contributed by atoms with Crippen LogP contribution in [-0.2, 0) is 16.0 Å². The Kier molecular flexibility index (Phi) is 5.33. The van der Waals surface area contributed by atoms with Crippen molar-refractivity contribution in [3.8, 4) is 6.07 Å². The minimum atomic E-state index is -0.831. The van der Waals surface area contributed by atoms with E-state index in [1.807, 2.05) is 62.4 Å². The van der Waals surface area contributed by atoms with E-state index in [-0.39, 0.29) is 11.5 Å². The lowest BCUT2D eigenvalue weighted by atomic mass is 10.0. The highest BCUT2D eigenvalue weighted by Gasteiger charge is 2.40. The topological polar surface area (TPSA) is 87.2 Å². The molecule has 1 heterocycles. The molecule has 0 aliphatic carbocycles. The zero-order valence-corrected chi connectivity index (χ0v) is 15.9. The van der Waals surface area contributed by atoms with Crippen molar-refractivity contribution >= 4 is 29.3 Å². The Balaban J connectivity index is 2.06. The van der Waals surface area contributed by atoms with Gasteiger partial charge in [0.15, 0.2) is 0 Å². The number of nitrogens with two attached hydrogens (primary N) is 1. The number of rotatable bonds is 4. The Hall–Kier alpha value is -3.04. The first-order valence-electron chi connectivity index (χ1n) is 8.48. The second-order valence-electron chi connectivity index (χ2n) is 6.41. The maximum Gasteiger partial charge on any atom is 0.262 e. The van der Waals surface area contributed by atoms with Crippen LogP contribution in [0.2, 0.25) is 0 Å². The summed E-state index contributed by atoms with van der Waals surface area (Å²) in [5, 5.41) is 9.30. The maximum absolute atomic E-state index is 13.2. The second-order valence-corrected chi connectivity index (χ2v) is 7.60. The lowest BCUT2D eigenvalue weighted by Gasteiger charge is -2.18. The normalized spacial score (nSPS) is 18.3. The van der Waals surface area contributed by atoms with Crippen molar-refractivity contribution in [2.45, 2.75) is 25.5 Å². The van der Waals surface area contributed by atoms with E-state index >= 15 is 0 Å². The number of anilines is 1. The number of primary amides is 1. The van der Waals surface area contributed by atoms with Crippen molar-refractivity contribution in [2.75, 3.05) is 4.90 Å². The third-order valence-corrected chi connectivity index (χ3v) is 5.71. The molecule has 6 heteroatoms. The highest BCUT2D eigenvalue weighted by molar-refractivity contribution is 8.05. The summed E-state index contributed by atoms with van der Waals surface area (Å²) < 4.78 is 0. The molecule has 2 N–H and O–H groups in total. The molecule has 1 aliphatic rings. The average molecular weight is 377 g/mol. The zero-order chi connectivity index (χ0) is 19.6. The van der Waals surface area contributed by atoms with Crippen molar-refractivity contribution in [1.82, 2.24) is 0 Å². The number of nitriles is 1. The van der Waals surface area contributed by atoms with Gasteiger partial charge >= 0.3 is 0 Å². The van der Waals surface area contributed by atoms with E-state index in [1.54, 1.807) is 6.07 Å². The Morgan fingerprint density at radius 1 is 1.22 bits per heavy atom. The molecule has 0 spiro atoms. The number of amides is 2. The molecule has 0 radical (unpaired) electrons. The summed E-state index contributed by atoms with van der Waals surface area (Å²) in [6, 6.07) is 17.1. The van der Waals surface area contributed by atoms with Crippen LogP contribution >= 0.6 is 11.8 Å². The van der Waals surface area contributed by atoms with Crippen LogP contribution in [-0.4, -0.2) is 17.1 Å². The molecule has 1 fully saturated rings. The number of thioether (sulfide) groups is 1. The van der Waals surface area contributed by atoms with Gasteiger partial charge in [0, 0.05) is 5.69 Å². The lowest BCUT2D eigenvalue weighted by molar-refractivity contribution is -0.117. The van der Waals surface area contributed by atoms with E-state index in [0.29, 0.717) is 17.1 Å². The fourth-order valence-corrected chi connectivity index (χ4v) is 4.34. The second kappa shape index (κ2) is 7.68. The third-order valence-electron chi connectivity index (χ3n) is 4.45. The quantitative estimate of drug-likeness (QED) is 0.655. The monoisotopic (exact) mass is 377 g/mol. The van der Waals surface area contributed by atoms with Gasteiger partial charge in [-0.2, -0.15) is 5.26 Å². The van der Waals surface area contributed by atoms with Gasteiger partial charge in [-0.05, 0) is 49.1 Å². The van der Waals surface area contributed by atoms with Crippen LogP contribution in [0, 0.1) is 25.2 Å². The number of benzene rings is 2. The minimum Gasteiger partial charge on any atom is -0.365 e. The molecular weight excluding hydrogens is 358 g/mol. The van der Waals surface area contributed by atoms with Crippen LogP contribution in [0.1, 0.15) is 16.7 Å². The number of carbonyl (C=O) groups excluding carboxylic acids is 2. The molecule has 0 saturated carbocycles. The summed E-state index contributed by atoms with van der Waals surface area (Å²) in [5.74, 6) is -0.986. The molecular formula is C21H19N3O2S. The third kappa shape index (κ3) is 3.74. The SMILES string of the molecule is Cc1cccc(N2C(=O)C(Cc3ccccc3C)S/C2=C(/C#N)C(N)=O)c1. The van der Waals surface area contributed by atoms with Gasteiger partial charge in [0.2, 0.25) is 5.91 Å². The number of aryl methyl sites for hydroxylation is 2. The minimum absolute atomic E-state index is 0.155. The zero-order valence-electron chi connectivity index (χ0n) is 15.1. The Bertz CT molecular complexity index is 991. The van der Waals surface area contributed by atoms with Gasteiger partial charge in [0.1, 0.15) is 16.7 Å². The smallest absolute Gasteiger partial charge is 0.262 e. The standard InChI is InChI=1S/C21H19N3O2S/c1-13-6-5-9-16(10-13)24-20(26)18(11-15-8-4-3-7-14(15)2)27-21(24)17(12-22)19(23)25/h3-10,18H,11H2,1-2H3,(H2,23,25)/b21-17-. The van der Waals surface area contributed by atoms with Crippen molar-refractivity contribution in [3.05, 3.63) is 75.8 Å². The molecule has 1 aliphatic heterocycles. The van der Waals surface area contributed by atoms with Gasteiger partial charge in [-0.1, -0.05) is 48.2 Å². The Morgan fingerprint density at radius 3 is 2.59 bits per heavy atom. The van der Waals surface area contributed by atoms with Crippen LogP contribution < -0.4 is 10.6 Å². The van der Waals surface area contributed by atoms with Gasteiger partial charge < -0.3 is 5.73 Å². The first-order chi connectivity index (χ1) is 12.9. The molecule has 3 rings (SSSR count). The van der Waals surface area contributed by atoms with Gasteiger partial charge in [0.25, 0.3) is 5.91 Å². The lowest BCUT2D eigenvalue weighted by Crippen LogP contribution is -2.31. The molecule has 2 aromatic rings. The maximum atomic E-state index is 13.2. The van der Waals surface area contributed by atoms with Gasteiger partial charge in [-0.3, -0.25) is 14.5 Å². The molecule has 136 valence electrons. The number of hydrogen-bond acceptors (Lipinski definition) is 4. The molecule has 2 aromatic carbocycles. The van der Waals surface area contributed by atoms with Crippen LogP contribution in [0.25, 0.3) is 0 Å². The molecule has 1 saturated heterocycles. The summed E-state index contributed by atoms with van der Waals surface area (Å²) in [6.07, 6.45) is 0.513. The van der Waals surface area contributed by atoms with E-state index in [4.69, 9.17) is 5.73 Å². The highest BCUT2D eigenvalue weighted by atomic mass is 32.2. The summed E-state index contributed by atoms with van der Waals surface area (Å²) in [5.41, 5.74) is 8.97.